The Balaban J connectivity index is 2.95. The lowest BCUT2D eigenvalue weighted by molar-refractivity contribution is -0.140. The van der Waals surface area contributed by atoms with Crippen molar-refractivity contribution >= 4 is 40.2 Å². The summed E-state index contributed by atoms with van der Waals surface area (Å²) in [5.41, 5.74) is 0.789. The molecule has 0 aliphatic carbocycles. The monoisotopic (exact) mass is 310 g/mol. The van der Waals surface area contributed by atoms with Gasteiger partial charge >= 0.3 is 5.97 Å². The van der Waals surface area contributed by atoms with Crippen LogP contribution in [0.1, 0.15) is 10.9 Å². The number of carbonyl (C=O) groups excluding carboxylic acids is 1. The fourth-order valence-corrected chi connectivity index (χ4v) is 2.07. The zero-order valence-corrected chi connectivity index (χ0v) is 9.87. The van der Waals surface area contributed by atoms with E-state index in [0.29, 0.717) is 0 Å². The molecule has 0 amide bonds. The molecule has 0 spiro atoms. The quantitative estimate of drug-likeness (QED) is 0.477. The fourth-order valence-electron chi connectivity index (χ4n) is 0.911. The maximum absolute atomic E-state index is 11.1. The van der Waals surface area contributed by atoms with Crippen molar-refractivity contribution in [3.05, 3.63) is 33.4 Å². The first kappa shape index (κ1) is 10.8. The second-order valence-electron chi connectivity index (χ2n) is 2.41. The van der Waals surface area contributed by atoms with Gasteiger partial charge < -0.3 is 4.74 Å². The van der Waals surface area contributed by atoms with Crippen LogP contribution in [-0.2, 0) is 9.53 Å². The summed E-state index contributed by atoms with van der Waals surface area (Å²) in [7, 11) is 1.33. The highest BCUT2D eigenvalue weighted by atomic mass is 127. The lowest BCUT2D eigenvalue weighted by Gasteiger charge is -2.08. The van der Waals surface area contributed by atoms with Gasteiger partial charge in [-0.2, -0.15) is 0 Å². The maximum atomic E-state index is 11.1. The van der Waals surface area contributed by atoms with E-state index >= 15 is 0 Å². The van der Waals surface area contributed by atoms with Gasteiger partial charge in [-0.25, -0.2) is 0 Å². The third kappa shape index (κ3) is 2.57. The van der Waals surface area contributed by atoms with Crippen molar-refractivity contribution < 1.29 is 9.53 Å². The van der Waals surface area contributed by atoms with E-state index < -0.39 is 11.3 Å². The molecule has 0 bridgehead atoms. The zero-order valence-electron chi connectivity index (χ0n) is 6.96. The lowest BCUT2D eigenvalue weighted by Crippen LogP contribution is -2.09. The normalized spacial score (nSPS) is 12.2. The minimum atomic E-state index is -0.710. The number of halogens is 2. The van der Waals surface area contributed by atoms with Crippen LogP contribution in [0.3, 0.4) is 0 Å². The predicted molar refractivity (Wildman–Crippen MR) is 59.8 cm³/mol. The first-order valence-corrected chi connectivity index (χ1v) is 5.14. The number of rotatable bonds is 2. The maximum Gasteiger partial charge on any atom is 0.328 e. The Labute approximate surface area is 95.4 Å². The Morgan fingerprint density at radius 1 is 1.54 bits per heavy atom. The molecule has 0 fully saturated rings. The third-order valence-corrected chi connectivity index (χ3v) is 2.98. The van der Waals surface area contributed by atoms with Crippen molar-refractivity contribution in [3.8, 4) is 0 Å². The van der Waals surface area contributed by atoms with Gasteiger partial charge in [-0.1, -0.05) is 18.2 Å². The van der Waals surface area contributed by atoms with E-state index in [1.807, 2.05) is 24.3 Å². The highest BCUT2D eigenvalue weighted by Crippen LogP contribution is 2.25. The van der Waals surface area contributed by atoms with Gasteiger partial charge in [0.25, 0.3) is 0 Å². The second-order valence-corrected chi connectivity index (χ2v) is 4.01. The average Bonchev–Trinajstić information content (AvgIpc) is 2.16. The van der Waals surface area contributed by atoms with Crippen LogP contribution in [-0.4, -0.2) is 13.1 Å². The van der Waals surface area contributed by atoms with Gasteiger partial charge in [0.05, 0.1) is 7.11 Å². The van der Waals surface area contributed by atoms with Gasteiger partial charge in [0.15, 0.2) is 5.38 Å². The number of alkyl halides is 1. The molecule has 1 unspecified atom stereocenters. The van der Waals surface area contributed by atoms with Gasteiger partial charge in [0.1, 0.15) is 0 Å². The van der Waals surface area contributed by atoms with Crippen LogP contribution in [0.4, 0.5) is 0 Å². The van der Waals surface area contributed by atoms with Crippen LogP contribution in [0.2, 0.25) is 0 Å². The Hall–Kier alpha value is -0.290. The number of hydrogen-bond acceptors (Lipinski definition) is 2. The lowest BCUT2D eigenvalue weighted by atomic mass is 10.1. The van der Waals surface area contributed by atoms with Gasteiger partial charge in [-0.05, 0) is 34.2 Å². The summed E-state index contributed by atoms with van der Waals surface area (Å²) in [5.74, 6) is -0.425. The fraction of sp³-hybridized carbons (Fsp3) is 0.222. The molecule has 1 atom stereocenters. The van der Waals surface area contributed by atoms with Crippen LogP contribution in [0.25, 0.3) is 0 Å². The first-order valence-electron chi connectivity index (χ1n) is 3.63. The van der Waals surface area contributed by atoms with E-state index in [-0.39, 0.29) is 0 Å². The van der Waals surface area contributed by atoms with E-state index in [4.69, 9.17) is 11.6 Å². The van der Waals surface area contributed by atoms with Crippen molar-refractivity contribution in [2.24, 2.45) is 0 Å². The van der Waals surface area contributed by atoms with Gasteiger partial charge in [0.2, 0.25) is 0 Å². The minimum absolute atomic E-state index is 0.425. The molecule has 0 aliphatic heterocycles. The largest absolute Gasteiger partial charge is 0.468 e. The van der Waals surface area contributed by atoms with Crippen molar-refractivity contribution in [2.75, 3.05) is 7.11 Å². The molecule has 0 aromatic heterocycles. The molecule has 0 N–H and O–H groups in total. The van der Waals surface area contributed by atoms with Gasteiger partial charge in [0, 0.05) is 3.57 Å². The molecule has 0 radical (unpaired) electrons. The number of ether oxygens (including phenoxy) is 1. The number of hydrogen-bond donors (Lipinski definition) is 0. The minimum Gasteiger partial charge on any atom is -0.468 e. The Kier molecular flexibility index (Phi) is 3.99. The smallest absolute Gasteiger partial charge is 0.328 e. The molecule has 0 heterocycles. The van der Waals surface area contributed by atoms with Crippen molar-refractivity contribution in [1.29, 1.82) is 0 Å². The van der Waals surface area contributed by atoms with Crippen molar-refractivity contribution in [1.82, 2.24) is 0 Å². The summed E-state index contributed by atoms with van der Waals surface area (Å²) in [5, 5.41) is -0.710. The SMILES string of the molecule is COC(=O)C(Cl)c1ccccc1I. The second kappa shape index (κ2) is 4.81. The summed E-state index contributed by atoms with van der Waals surface area (Å²) in [4.78, 5) is 11.1. The number of methoxy groups -OCH3 is 1. The topological polar surface area (TPSA) is 26.3 Å². The Bertz CT molecular complexity index is 314. The molecular formula is C9H8ClIO2. The van der Waals surface area contributed by atoms with E-state index in [1.54, 1.807) is 0 Å². The molecule has 1 aromatic carbocycles. The van der Waals surface area contributed by atoms with Gasteiger partial charge in [-0.15, -0.1) is 11.6 Å². The van der Waals surface area contributed by atoms with Crippen molar-refractivity contribution in [2.45, 2.75) is 5.38 Å². The third-order valence-electron chi connectivity index (χ3n) is 1.59. The average molecular weight is 311 g/mol. The van der Waals surface area contributed by atoms with Crippen LogP contribution in [0, 0.1) is 3.57 Å². The highest BCUT2D eigenvalue weighted by molar-refractivity contribution is 14.1. The van der Waals surface area contributed by atoms with E-state index in [1.165, 1.54) is 7.11 Å². The standard InChI is InChI=1S/C9H8ClIO2/c1-13-9(12)8(10)6-4-2-3-5-7(6)11/h2-5,8H,1H3. The molecule has 4 heteroatoms. The summed E-state index contributed by atoms with van der Waals surface area (Å²) >= 11 is 8.02. The number of benzene rings is 1. The summed E-state index contributed by atoms with van der Waals surface area (Å²) < 4.78 is 5.51. The molecule has 70 valence electrons. The number of carbonyl (C=O) groups is 1. The van der Waals surface area contributed by atoms with Crippen molar-refractivity contribution in [3.63, 3.8) is 0 Å². The Morgan fingerprint density at radius 2 is 2.15 bits per heavy atom. The predicted octanol–water partition coefficient (Wildman–Crippen LogP) is 2.74. The number of esters is 1. The molecule has 0 saturated carbocycles. The van der Waals surface area contributed by atoms with Crippen LogP contribution >= 0.6 is 34.2 Å². The summed E-state index contributed by atoms with van der Waals surface area (Å²) in [6.07, 6.45) is 0. The first-order chi connectivity index (χ1) is 6.16. The molecule has 2 nitrogen and oxygen atoms in total. The summed E-state index contributed by atoms with van der Waals surface area (Å²) in [6.45, 7) is 0. The highest BCUT2D eigenvalue weighted by Gasteiger charge is 2.19. The van der Waals surface area contributed by atoms with Crippen LogP contribution in [0.5, 0.6) is 0 Å². The van der Waals surface area contributed by atoms with Crippen LogP contribution < -0.4 is 0 Å². The zero-order chi connectivity index (χ0) is 9.84. The van der Waals surface area contributed by atoms with E-state index in [2.05, 4.69) is 27.3 Å². The van der Waals surface area contributed by atoms with E-state index in [0.717, 1.165) is 9.13 Å². The Morgan fingerprint density at radius 3 is 2.69 bits per heavy atom. The summed E-state index contributed by atoms with van der Waals surface area (Å²) in [6, 6.07) is 7.45. The molecule has 0 aliphatic rings. The molecule has 13 heavy (non-hydrogen) atoms. The molecular weight excluding hydrogens is 302 g/mol. The van der Waals surface area contributed by atoms with E-state index in [9.17, 15) is 4.79 Å². The van der Waals surface area contributed by atoms with Crippen LogP contribution in [0.15, 0.2) is 24.3 Å². The molecule has 1 rings (SSSR count). The molecule has 0 saturated heterocycles. The van der Waals surface area contributed by atoms with Gasteiger partial charge in [-0.3, -0.25) is 4.79 Å². The molecule has 1 aromatic rings.